The maximum atomic E-state index is 11.1. The van der Waals surface area contributed by atoms with E-state index in [4.69, 9.17) is 4.74 Å². The van der Waals surface area contributed by atoms with Gasteiger partial charge in [-0.2, -0.15) is 0 Å². The van der Waals surface area contributed by atoms with Crippen molar-refractivity contribution in [2.45, 2.75) is 19.4 Å². The van der Waals surface area contributed by atoms with E-state index in [1.807, 2.05) is 37.3 Å². The topological polar surface area (TPSA) is 95.5 Å². The van der Waals surface area contributed by atoms with Crippen LogP contribution in [0.4, 0.5) is 11.4 Å². The van der Waals surface area contributed by atoms with Crippen LogP contribution in [-0.2, 0) is 0 Å². The molecule has 0 aliphatic rings. The molecule has 0 N–H and O–H groups in total. The van der Waals surface area contributed by atoms with Crippen molar-refractivity contribution in [2.24, 2.45) is 0 Å². The van der Waals surface area contributed by atoms with Gasteiger partial charge in [0.15, 0.2) is 5.75 Å². The smallest absolute Gasteiger partial charge is 0.317 e. The zero-order valence-corrected chi connectivity index (χ0v) is 11.8. The third kappa shape index (κ3) is 3.38. The van der Waals surface area contributed by atoms with Gasteiger partial charge in [-0.1, -0.05) is 37.3 Å². The lowest BCUT2D eigenvalue weighted by molar-refractivity contribution is -0.394. The molecule has 0 saturated carbocycles. The molecule has 0 bridgehead atoms. The number of rotatable bonds is 6. The largest absolute Gasteiger partial charge is 0.479 e. The number of ether oxygens (including phenoxy) is 1. The van der Waals surface area contributed by atoms with Gasteiger partial charge >= 0.3 is 5.69 Å². The number of nitrogens with zero attached hydrogens (tertiary/aromatic N) is 2. The predicted molar refractivity (Wildman–Crippen MR) is 79.9 cm³/mol. The fraction of sp³-hybridized carbons (Fsp3) is 0.200. The van der Waals surface area contributed by atoms with Gasteiger partial charge in [-0.15, -0.1) is 0 Å². The Bertz CT molecular complexity index is 688. The highest BCUT2D eigenvalue weighted by molar-refractivity contribution is 5.53. The fourth-order valence-electron chi connectivity index (χ4n) is 2.07. The Labute approximate surface area is 126 Å². The van der Waals surface area contributed by atoms with Crippen molar-refractivity contribution in [1.29, 1.82) is 0 Å². The van der Waals surface area contributed by atoms with E-state index in [-0.39, 0.29) is 17.5 Å². The van der Waals surface area contributed by atoms with Crippen LogP contribution >= 0.6 is 0 Å². The Hall–Kier alpha value is -2.96. The van der Waals surface area contributed by atoms with Gasteiger partial charge in [0.05, 0.1) is 15.9 Å². The van der Waals surface area contributed by atoms with Crippen LogP contribution in [0, 0.1) is 20.2 Å². The lowest BCUT2D eigenvalue weighted by atomic mass is 10.1. The normalized spacial score (nSPS) is 11.7. The van der Waals surface area contributed by atoms with E-state index in [2.05, 4.69) is 0 Å². The molecule has 2 aromatic rings. The van der Waals surface area contributed by atoms with Crippen molar-refractivity contribution in [3.63, 3.8) is 0 Å². The monoisotopic (exact) mass is 302 g/mol. The molecule has 0 amide bonds. The molecule has 7 heteroatoms. The number of hydrogen-bond donors (Lipinski definition) is 0. The Kier molecular flexibility index (Phi) is 4.67. The van der Waals surface area contributed by atoms with Crippen molar-refractivity contribution >= 4 is 11.4 Å². The van der Waals surface area contributed by atoms with Gasteiger partial charge in [0.1, 0.15) is 6.10 Å². The summed E-state index contributed by atoms with van der Waals surface area (Å²) in [6, 6.07) is 12.7. The van der Waals surface area contributed by atoms with Gasteiger partial charge < -0.3 is 4.74 Å². The fourth-order valence-corrected chi connectivity index (χ4v) is 2.07. The van der Waals surface area contributed by atoms with E-state index >= 15 is 0 Å². The first kappa shape index (κ1) is 15.4. The first-order valence-electron chi connectivity index (χ1n) is 6.67. The highest BCUT2D eigenvalue weighted by Gasteiger charge is 2.23. The molecule has 2 aromatic carbocycles. The molecule has 0 aliphatic carbocycles. The maximum Gasteiger partial charge on any atom is 0.317 e. The first-order valence-corrected chi connectivity index (χ1v) is 6.67. The zero-order chi connectivity index (χ0) is 16.1. The maximum absolute atomic E-state index is 11.1. The molecule has 0 heterocycles. The summed E-state index contributed by atoms with van der Waals surface area (Å²) in [5.74, 6) is 0.0197. The van der Waals surface area contributed by atoms with E-state index in [0.29, 0.717) is 6.42 Å². The van der Waals surface area contributed by atoms with E-state index in [0.717, 1.165) is 11.6 Å². The molecular formula is C15H14N2O5. The molecule has 0 unspecified atom stereocenters. The molecule has 0 fully saturated rings. The van der Waals surface area contributed by atoms with Crippen molar-refractivity contribution < 1.29 is 14.6 Å². The highest BCUT2D eigenvalue weighted by Crippen LogP contribution is 2.34. The number of hydrogen-bond acceptors (Lipinski definition) is 5. The van der Waals surface area contributed by atoms with Crippen molar-refractivity contribution in [2.75, 3.05) is 0 Å². The van der Waals surface area contributed by atoms with Gasteiger partial charge in [0.2, 0.25) is 0 Å². The predicted octanol–water partition coefficient (Wildman–Crippen LogP) is 4.03. The molecule has 114 valence electrons. The van der Waals surface area contributed by atoms with Crippen LogP contribution in [-0.4, -0.2) is 9.85 Å². The lowest BCUT2D eigenvalue weighted by Gasteiger charge is -2.17. The highest BCUT2D eigenvalue weighted by atomic mass is 16.6. The van der Waals surface area contributed by atoms with Crippen LogP contribution in [0.3, 0.4) is 0 Å². The summed E-state index contributed by atoms with van der Waals surface area (Å²) in [7, 11) is 0. The lowest BCUT2D eigenvalue weighted by Crippen LogP contribution is -2.08. The summed E-state index contributed by atoms with van der Waals surface area (Å²) in [5.41, 5.74) is 0.132. The van der Waals surface area contributed by atoms with Crippen molar-refractivity contribution in [1.82, 2.24) is 0 Å². The van der Waals surface area contributed by atoms with E-state index < -0.39 is 15.5 Å². The summed E-state index contributed by atoms with van der Waals surface area (Å²) < 4.78 is 5.71. The average molecular weight is 302 g/mol. The second-order valence-corrected chi connectivity index (χ2v) is 4.59. The van der Waals surface area contributed by atoms with E-state index in [9.17, 15) is 20.2 Å². The van der Waals surface area contributed by atoms with Crippen LogP contribution in [0.5, 0.6) is 5.75 Å². The molecule has 0 spiro atoms. The second-order valence-electron chi connectivity index (χ2n) is 4.59. The molecule has 0 saturated heterocycles. The summed E-state index contributed by atoms with van der Waals surface area (Å²) in [6.07, 6.45) is 0.249. The van der Waals surface area contributed by atoms with Crippen LogP contribution in [0.2, 0.25) is 0 Å². The zero-order valence-electron chi connectivity index (χ0n) is 11.8. The quantitative estimate of drug-likeness (QED) is 0.592. The molecule has 0 aromatic heterocycles. The molecule has 7 nitrogen and oxygen atoms in total. The Morgan fingerprint density at radius 1 is 1.05 bits per heavy atom. The average Bonchev–Trinajstić information content (AvgIpc) is 2.53. The Balaban J connectivity index is 2.35. The molecule has 1 atom stereocenters. The molecule has 2 rings (SSSR count). The third-order valence-electron chi connectivity index (χ3n) is 3.16. The van der Waals surface area contributed by atoms with E-state index in [1.165, 1.54) is 12.1 Å². The minimum atomic E-state index is -0.681. The van der Waals surface area contributed by atoms with Crippen LogP contribution in [0.15, 0.2) is 48.5 Å². The summed E-state index contributed by atoms with van der Waals surface area (Å²) in [4.78, 5) is 20.5. The number of nitro groups is 2. The second kappa shape index (κ2) is 6.66. The van der Waals surface area contributed by atoms with Crippen molar-refractivity contribution in [3.8, 4) is 5.75 Å². The van der Waals surface area contributed by atoms with Gasteiger partial charge in [-0.3, -0.25) is 20.2 Å². The van der Waals surface area contributed by atoms with Crippen molar-refractivity contribution in [3.05, 3.63) is 74.3 Å². The number of nitro benzene ring substituents is 2. The third-order valence-corrected chi connectivity index (χ3v) is 3.16. The minimum absolute atomic E-state index is 0.0197. The molecular weight excluding hydrogens is 288 g/mol. The number of benzene rings is 2. The minimum Gasteiger partial charge on any atom is -0.479 e. The first-order chi connectivity index (χ1) is 10.5. The van der Waals surface area contributed by atoms with Gasteiger partial charge in [-0.25, -0.2) is 0 Å². The molecule has 22 heavy (non-hydrogen) atoms. The molecule has 0 radical (unpaired) electrons. The summed E-state index contributed by atoms with van der Waals surface area (Å²) in [6.45, 7) is 1.90. The number of non-ortho nitro benzene ring substituents is 1. The summed E-state index contributed by atoms with van der Waals surface area (Å²) >= 11 is 0. The van der Waals surface area contributed by atoms with Crippen LogP contribution in [0.1, 0.15) is 25.0 Å². The Morgan fingerprint density at radius 3 is 2.27 bits per heavy atom. The van der Waals surface area contributed by atoms with Gasteiger partial charge in [0.25, 0.3) is 5.69 Å². The standard InChI is InChI=1S/C15H14N2O5/c1-2-14(11-6-4-3-5-7-11)22-15-9-8-12(16(18)19)10-13(15)17(20)21/h3-10,14H,2H2,1H3/t14-/m1/s1. The Morgan fingerprint density at radius 2 is 1.73 bits per heavy atom. The van der Waals surface area contributed by atoms with Gasteiger partial charge in [0, 0.05) is 6.07 Å². The van der Waals surface area contributed by atoms with E-state index in [1.54, 1.807) is 0 Å². The van der Waals surface area contributed by atoms with Gasteiger partial charge in [-0.05, 0) is 18.1 Å². The van der Waals surface area contributed by atoms with Crippen LogP contribution < -0.4 is 4.74 Å². The molecule has 0 aliphatic heterocycles. The van der Waals surface area contributed by atoms with Crippen LogP contribution in [0.25, 0.3) is 0 Å². The summed E-state index contributed by atoms with van der Waals surface area (Å²) in [5, 5.41) is 21.8. The SMILES string of the molecule is CC[C@@H](Oc1ccc([N+](=O)[O-])cc1[N+](=O)[O-])c1ccccc1.